The molecule has 0 saturated heterocycles. The Bertz CT molecular complexity index is 508. The van der Waals surface area contributed by atoms with Crippen molar-refractivity contribution in [2.45, 2.75) is 12.8 Å². The van der Waals surface area contributed by atoms with E-state index in [2.05, 4.69) is 22.0 Å². The Morgan fingerprint density at radius 3 is 3.24 bits per heavy atom. The zero-order valence-corrected chi connectivity index (χ0v) is 9.47. The average Bonchev–Trinajstić information content (AvgIpc) is 2.82. The first-order valence-electron chi connectivity index (χ1n) is 5.39. The van der Waals surface area contributed by atoms with Crippen LogP contribution in [-0.2, 0) is 0 Å². The number of hydrazine groups is 1. The van der Waals surface area contributed by atoms with Crippen LogP contribution in [-0.4, -0.2) is 21.0 Å². The smallest absolute Gasteiger partial charge is 0.260 e. The van der Waals surface area contributed by atoms with Gasteiger partial charge in [-0.15, -0.1) is 6.58 Å². The molecule has 0 unspecified atom stereocenters. The molecule has 0 spiro atoms. The second kappa shape index (κ2) is 5.31. The SMILES string of the molecule is C=CCCCOc1nc(NN)cn2ccnc12. The van der Waals surface area contributed by atoms with E-state index in [1.807, 2.05) is 16.7 Å². The molecule has 2 rings (SSSR count). The van der Waals surface area contributed by atoms with Gasteiger partial charge in [-0.2, -0.15) is 4.98 Å². The van der Waals surface area contributed by atoms with Crippen molar-refractivity contribution in [3.63, 3.8) is 0 Å². The number of imidazole rings is 1. The minimum absolute atomic E-state index is 0.481. The minimum Gasteiger partial charge on any atom is -0.475 e. The highest BCUT2D eigenvalue weighted by atomic mass is 16.5. The summed E-state index contributed by atoms with van der Waals surface area (Å²) in [7, 11) is 0. The number of nitrogens with two attached hydrogens (primary N) is 1. The van der Waals surface area contributed by atoms with Crippen LogP contribution in [0.5, 0.6) is 5.88 Å². The molecule has 0 fully saturated rings. The van der Waals surface area contributed by atoms with Gasteiger partial charge in [-0.05, 0) is 12.8 Å². The van der Waals surface area contributed by atoms with E-state index in [1.54, 1.807) is 12.4 Å². The first-order chi connectivity index (χ1) is 8.35. The van der Waals surface area contributed by atoms with Crippen LogP contribution in [0.2, 0.25) is 0 Å². The highest BCUT2D eigenvalue weighted by molar-refractivity contribution is 5.53. The van der Waals surface area contributed by atoms with E-state index in [0.29, 0.717) is 24.0 Å². The summed E-state index contributed by atoms with van der Waals surface area (Å²) in [5.41, 5.74) is 3.18. The third-order valence-corrected chi connectivity index (χ3v) is 2.28. The average molecular weight is 233 g/mol. The number of fused-ring (bicyclic) bond motifs is 1. The summed E-state index contributed by atoms with van der Waals surface area (Å²) in [5.74, 6) is 6.36. The van der Waals surface area contributed by atoms with Crippen molar-refractivity contribution in [1.29, 1.82) is 0 Å². The molecule has 2 aromatic rings. The molecule has 0 aromatic carbocycles. The molecule has 17 heavy (non-hydrogen) atoms. The van der Waals surface area contributed by atoms with Gasteiger partial charge in [0.25, 0.3) is 5.88 Å². The molecule has 0 amide bonds. The molecule has 6 nitrogen and oxygen atoms in total. The lowest BCUT2D eigenvalue weighted by molar-refractivity contribution is 0.302. The van der Waals surface area contributed by atoms with Crippen molar-refractivity contribution in [2.24, 2.45) is 5.84 Å². The fourth-order valence-electron chi connectivity index (χ4n) is 1.47. The molecule has 3 N–H and O–H groups in total. The number of nitrogen functional groups attached to an aromatic ring is 1. The molecule has 0 radical (unpaired) electrons. The molecule has 0 saturated carbocycles. The van der Waals surface area contributed by atoms with Gasteiger partial charge < -0.3 is 10.2 Å². The molecular formula is C11H15N5O. The Kier molecular flexibility index (Phi) is 3.56. The number of nitrogens with zero attached hydrogens (tertiary/aromatic N) is 3. The highest BCUT2D eigenvalue weighted by Crippen LogP contribution is 2.18. The van der Waals surface area contributed by atoms with E-state index in [9.17, 15) is 0 Å². The number of ether oxygens (including phenoxy) is 1. The van der Waals surface area contributed by atoms with Crippen LogP contribution in [0.1, 0.15) is 12.8 Å². The van der Waals surface area contributed by atoms with Crippen molar-refractivity contribution in [1.82, 2.24) is 14.4 Å². The Hall–Kier alpha value is -2.08. The molecule has 2 aromatic heterocycles. The number of nitrogens with one attached hydrogen (secondary N) is 1. The number of hydrogen-bond acceptors (Lipinski definition) is 5. The molecule has 90 valence electrons. The van der Waals surface area contributed by atoms with Crippen molar-refractivity contribution in [3.05, 3.63) is 31.2 Å². The molecular weight excluding hydrogens is 218 g/mol. The quantitative estimate of drug-likeness (QED) is 0.341. The van der Waals surface area contributed by atoms with Crippen LogP contribution in [0.25, 0.3) is 5.65 Å². The summed E-state index contributed by atoms with van der Waals surface area (Å²) in [5, 5.41) is 0. The van der Waals surface area contributed by atoms with Gasteiger partial charge in [-0.1, -0.05) is 6.08 Å². The maximum Gasteiger partial charge on any atom is 0.260 e. The summed E-state index contributed by atoms with van der Waals surface area (Å²) in [6.07, 6.45) is 8.93. The van der Waals surface area contributed by atoms with Gasteiger partial charge in [0.15, 0.2) is 5.82 Å². The molecule has 6 heteroatoms. The number of rotatable bonds is 6. The molecule has 2 heterocycles. The standard InChI is InChI=1S/C11H15N5O/c1-2-3-4-7-17-11-10-13-5-6-16(10)8-9(14-11)15-12/h2,5-6,8,15H,1,3-4,7,12H2. The van der Waals surface area contributed by atoms with Gasteiger partial charge >= 0.3 is 0 Å². The topological polar surface area (TPSA) is 77.5 Å². The first kappa shape index (κ1) is 11.4. The number of anilines is 1. The molecule has 0 aliphatic carbocycles. The lowest BCUT2D eigenvalue weighted by atomic mass is 10.3. The first-order valence-corrected chi connectivity index (χ1v) is 5.39. The lowest BCUT2D eigenvalue weighted by Crippen LogP contribution is -2.11. The third kappa shape index (κ3) is 2.54. The maximum atomic E-state index is 5.58. The molecule has 0 bridgehead atoms. The molecule has 0 aliphatic heterocycles. The van der Waals surface area contributed by atoms with Crippen molar-refractivity contribution >= 4 is 11.5 Å². The predicted molar refractivity (Wildman–Crippen MR) is 65.7 cm³/mol. The van der Waals surface area contributed by atoms with E-state index >= 15 is 0 Å². The summed E-state index contributed by atoms with van der Waals surface area (Å²) in [6.45, 7) is 4.24. The summed E-state index contributed by atoms with van der Waals surface area (Å²) in [6, 6.07) is 0. The largest absolute Gasteiger partial charge is 0.475 e. The van der Waals surface area contributed by atoms with Crippen molar-refractivity contribution in [2.75, 3.05) is 12.0 Å². The Balaban J connectivity index is 2.18. The van der Waals surface area contributed by atoms with Crippen LogP contribution in [0, 0.1) is 0 Å². The van der Waals surface area contributed by atoms with E-state index in [0.717, 1.165) is 12.8 Å². The predicted octanol–water partition coefficient (Wildman–Crippen LogP) is 1.36. The second-order valence-corrected chi connectivity index (χ2v) is 3.51. The van der Waals surface area contributed by atoms with Gasteiger partial charge in [0.05, 0.1) is 12.8 Å². The number of unbranched alkanes of at least 4 members (excludes halogenated alkanes) is 1. The van der Waals surface area contributed by atoms with Crippen LogP contribution in [0.3, 0.4) is 0 Å². The fraction of sp³-hybridized carbons (Fsp3) is 0.273. The zero-order valence-electron chi connectivity index (χ0n) is 9.47. The van der Waals surface area contributed by atoms with Crippen LogP contribution in [0.15, 0.2) is 31.2 Å². The van der Waals surface area contributed by atoms with Crippen LogP contribution in [0.4, 0.5) is 5.82 Å². The van der Waals surface area contributed by atoms with Gasteiger partial charge in [-0.25, -0.2) is 10.8 Å². The van der Waals surface area contributed by atoms with E-state index in [1.165, 1.54) is 0 Å². The number of allylic oxidation sites excluding steroid dienone is 1. The second-order valence-electron chi connectivity index (χ2n) is 3.51. The van der Waals surface area contributed by atoms with Crippen molar-refractivity contribution in [3.8, 4) is 5.88 Å². The van der Waals surface area contributed by atoms with Crippen LogP contribution >= 0.6 is 0 Å². The van der Waals surface area contributed by atoms with Gasteiger partial charge in [0.1, 0.15) is 0 Å². The van der Waals surface area contributed by atoms with Crippen molar-refractivity contribution < 1.29 is 4.74 Å². The van der Waals surface area contributed by atoms with E-state index in [4.69, 9.17) is 10.6 Å². The fourth-order valence-corrected chi connectivity index (χ4v) is 1.47. The van der Waals surface area contributed by atoms with E-state index in [-0.39, 0.29) is 0 Å². The zero-order chi connectivity index (χ0) is 12.1. The van der Waals surface area contributed by atoms with Crippen LogP contribution < -0.4 is 16.0 Å². The lowest BCUT2D eigenvalue weighted by Gasteiger charge is -2.08. The Labute approximate surface area is 99.1 Å². The highest BCUT2D eigenvalue weighted by Gasteiger charge is 2.07. The van der Waals surface area contributed by atoms with E-state index < -0.39 is 0 Å². The Morgan fingerprint density at radius 1 is 1.59 bits per heavy atom. The monoisotopic (exact) mass is 233 g/mol. The molecule has 0 aliphatic rings. The number of hydrogen-bond donors (Lipinski definition) is 2. The van der Waals surface area contributed by atoms with Gasteiger partial charge in [0.2, 0.25) is 5.65 Å². The molecule has 0 atom stereocenters. The van der Waals surface area contributed by atoms with Gasteiger partial charge in [0, 0.05) is 12.4 Å². The summed E-state index contributed by atoms with van der Waals surface area (Å²) >= 11 is 0. The minimum atomic E-state index is 0.481. The Morgan fingerprint density at radius 2 is 2.47 bits per heavy atom. The van der Waals surface area contributed by atoms with Gasteiger partial charge in [-0.3, -0.25) is 4.40 Å². The summed E-state index contributed by atoms with van der Waals surface area (Å²) in [4.78, 5) is 8.40. The maximum absolute atomic E-state index is 5.58. The normalized spacial score (nSPS) is 10.4. The number of aromatic nitrogens is 3. The third-order valence-electron chi connectivity index (χ3n) is 2.28. The summed E-state index contributed by atoms with van der Waals surface area (Å²) < 4.78 is 7.39.